The van der Waals surface area contributed by atoms with Crippen molar-refractivity contribution in [3.8, 4) is 5.69 Å². The zero-order chi connectivity index (χ0) is 11.9. The van der Waals surface area contributed by atoms with Crippen molar-refractivity contribution in [2.45, 2.75) is 0 Å². The fourth-order valence-corrected chi connectivity index (χ4v) is 1.33. The van der Waals surface area contributed by atoms with E-state index in [9.17, 15) is 13.2 Å². The molecule has 2 N–H and O–H groups in total. The quantitative estimate of drug-likeness (QED) is 0.787. The highest BCUT2D eigenvalue weighted by molar-refractivity contribution is 6.32. The van der Waals surface area contributed by atoms with Crippen LogP contribution in [0.2, 0.25) is 5.02 Å². The number of nitrogen functional groups attached to an aromatic ring is 1. The SMILES string of the molecule is Nc1c(Cl)cnn1-c1cc(F)c(F)c(F)c1. The third-order valence-electron chi connectivity index (χ3n) is 1.97. The van der Waals surface area contributed by atoms with Crippen LogP contribution in [0.1, 0.15) is 0 Å². The van der Waals surface area contributed by atoms with Gasteiger partial charge in [0.25, 0.3) is 0 Å². The summed E-state index contributed by atoms with van der Waals surface area (Å²) in [5.74, 6) is -4.16. The third kappa shape index (κ3) is 1.61. The first-order valence-electron chi connectivity index (χ1n) is 4.14. The van der Waals surface area contributed by atoms with E-state index in [4.69, 9.17) is 17.3 Å². The number of nitrogens with two attached hydrogens (primary N) is 1. The lowest BCUT2D eigenvalue weighted by Crippen LogP contribution is -2.04. The van der Waals surface area contributed by atoms with E-state index in [2.05, 4.69) is 5.10 Å². The van der Waals surface area contributed by atoms with Gasteiger partial charge in [-0.1, -0.05) is 11.6 Å². The minimum atomic E-state index is -1.54. The molecule has 1 aromatic heterocycles. The van der Waals surface area contributed by atoms with E-state index < -0.39 is 17.5 Å². The highest BCUT2D eigenvalue weighted by Crippen LogP contribution is 2.23. The average molecular weight is 248 g/mol. The van der Waals surface area contributed by atoms with Gasteiger partial charge in [0.15, 0.2) is 17.5 Å². The number of halogens is 4. The molecule has 0 atom stereocenters. The van der Waals surface area contributed by atoms with Crippen molar-refractivity contribution in [2.24, 2.45) is 0 Å². The van der Waals surface area contributed by atoms with Crippen LogP contribution in [-0.2, 0) is 0 Å². The molecule has 7 heteroatoms. The van der Waals surface area contributed by atoms with Gasteiger partial charge < -0.3 is 5.73 Å². The number of nitrogens with zero attached hydrogens (tertiary/aromatic N) is 2. The molecule has 0 spiro atoms. The summed E-state index contributed by atoms with van der Waals surface area (Å²) < 4.78 is 39.6. The number of hydrogen-bond donors (Lipinski definition) is 1. The molecule has 0 fully saturated rings. The van der Waals surface area contributed by atoms with E-state index in [-0.39, 0.29) is 16.5 Å². The molecule has 0 saturated heterocycles. The largest absolute Gasteiger partial charge is 0.382 e. The lowest BCUT2D eigenvalue weighted by molar-refractivity contribution is 0.446. The van der Waals surface area contributed by atoms with Gasteiger partial charge in [-0.25, -0.2) is 17.9 Å². The summed E-state index contributed by atoms with van der Waals surface area (Å²) in [5.41, 5.74) is 5.46. The van der Waals surface area contributed by atoms with E-state index in [1.165, 1.54) is 6.20 Å². The predicted molar refractivity (Wildman–Crippen MR) is 52.9 cm³/mol. The predicted octanol–water partition coefficient (Wildman–Crippen LogP) is 2.53. The van der Waals surface area contributed by atoms with Crippen LogP contribution in [0, 0.1) is 17.5 Å². The molecule has 0 bridgehead atoms. The molecule has 0 saturated carbocycles. The van der Waals surface area contributed by atoms with Gasteiger partial charge in [-0.05, 0) is 0 Å². The Kier molecular flexibility index (Phi) is 2.51. The van der Waals surface area contributed by atoms with Gasteiger partial charge in [0.05, 0.1) is 11.9 Å². The first-order valence-corrected chi connectivity index (χ1v) is 4.52. The van der Waals surface area contributed by atoms with Crippen LogP contribution in [0.25, 0.3) is 5.69 Å². The lowest BCUT2D eigenvalue weighted by Gasteiger charge is -2.05. The maximum Gasteiger partial charge on any atom is 0.194 e. The average Bonchev–Trinajstić information content (AvgIpc) is 2.56. The first-order chi connectivity index (χ1) is 7.50. The fourth-order valence-electron chi connectivity index (χ4n) is 1.21. The van der Waals surface area contributed by atoms with Crippen LogP contribution < -0.4 is 5.73 Å². The molecule has 1 heterocycles. The molecule has 1 aromatic carbocycles. The molecule has 0 aliphatic heterocycles. The smallest absolute Gasteiger partial charge is 0.194 e. The van der Waals surface area contributed by atoms with Crippen molar-refractivity contribution in [3.63, 3.8) is 0 Å². The van der Waals surface area contributed by atoms with Gasteiger partial charge in [0.1, 0.15) is 10.8 Å². The van der Waals surface area contributed by atoms with Crippen LogP contribution in [0.3, 0.4) is 0 Å². The summed E-state index contributed by atoms with van der Waals surface area (Å²) in [6, 6.07) is 1.55. The molecular weight excluding hydrogens is 243 g/mol. The minimum Gasteiger partial charge on any atom is -0.382 e. The Morgan fingerprint density at radius 3 is 2.19 bits per heavy atom. The molecule has 0 radical (unpaired) electrons. The van der Waals surface area contributed by atoms with Gasteiger partial charge in [0, 0.05) is 12.1 Å². The molecule has 0 amide bonds. The highest BCUT2D eigenvalue weighted by atomic mass is 35.5. The Morgan fingerprint density at radius 1 is 1.19 bits per heavy atom. The highest BCUT2D eigenvalue weighted by Gasteiger charge is 2.14. The fraction of sp³-hybridized carbons (Fsp3) is 0. The van der Waals surface area contributed by atoms with Crippen molar-refractivity contribution < 1.29 is 13.2 Å². The normalized spacial score (nSPS) is 10.8. The molecule has 3 nitrogen and oxygen atoms in total. The van der Waals surface area contributed by atoms with Crippen molar-refractivity contribution in [3.05, 3.63) is 40.8 Å². The second-order valence-electron chi connectivity index (χ2n) is 3.01. The van der Waals surface area contributed by atoms with Crippen LogP contribution >= 0.6 is 11.6 Å². The summed E-state index contributed by atoms with van der Waals surface area (Å²) >= 11 is 5.62. The van der Waals surface area contributed by atoms with Crippen molar-refractivity contribution in [1.29, 1.82) is 0 Å². The van der Waals surface area contributed by atoms with Crippen LogP contribution in [0.4, 0.5) is 19.0 Å². The molecule has 2 aromatic rings. The standard InChI is InChI=1S/C9H5ClF3N3/c10-5-3-15-16(9(5)14)4-1-6(11)8(13)7(12)2-4/h1-3H,14H2. The first kappa shape index (κ1) is 10.8. The van der Waals surface area contributed by atoms with Crippen molar-refractivity contribution >= 4 is 17.4 Å². The third-order valence-corrected chi connectivity index (χ3v) is 2.26. The van der Waals surface area contributed by atoms with E-state index in [1.54, 1.807) is 0 Å². The van der Waals surface area contributed by atoms with Crippen LogP contribution in [-0.4, -0.2) is 9.78 Å². The zero-order valence-electron chi connectivity index (χ0n) is 7.72. The summed E-state index contributed by atoms with van der Waals surface area (Å²) in [6.45, 7) is 0. The number of aromatic nitrogens is 2. The molecule has 0 aliphatic carbocycles. The lowest BCUT2D eigenvalue weighted by atomic mass is 10.3. The van der Waals surface area contributed by atoms with E-state index >= 15 is 0 Å². The minimum absolute atomic E-state index is 0.0204. The van der Waals surface area contributed by atoms with Gasteiger partial charge in [0.2, 0.25) is 0 Å². The monoisotopic (exact) mass is 247 g/mol. The van der Waals surface area contributed by atoms with Crippen molar-refractivity contribution in [2.75, 3.05) is 5.73 Å². The Balaban J connectivity index is 2.61. The maximum absolute atomic E-state index is 12.9. The van der Waals surface area contributed by atoms with E-state index in [0.29, 0.717) is 0 Å². The summed E-state index contributed by atoms with van der Waals surface area (Å²) in [4.78, 5) is 0. The molecule has 16 heavy (non-hydrogen) atoms. The molecular formula is C9H5ClF3N3. The Bertz CT molecular complexity index is 530. The summed E-state index contributed by atoms with van der Waals surface area (Å²) in [6.07, 6.45) is 1.22. The summed E-state index contributed by atoms with van der Waals surface area (Å²) in [7, 11) is 0. The molecule has 84 valence electrons. The second-order valence-corrected chi connectivity index (χ2v) is 3.42. The van der Waals surface area contributed by atoms with Crippen LogP contribution in [0.5, 0.6) is 0 Å². The van der Waals surface area contributed by atoms with Crippen molar-refractivity contribution in [1.82, 2.24) is 9.78 Å². The number of benzene rings is 1. The van der Waals surface area contributed by atoms with Gasteiger partial charge in [-0.2, -0.15) is 5.10 Å². The number of anilines is 1. The zero-order valence-corrected chi connectivity index (χ0v) is 8.47. The summed E-state index contributed by atoms with van der Waals surface area (Å²) in [5, 5.41) is 3.85. The van der Waals surface area contributed by atoms with Gasteiger partial charge >= 0.3 is 0 Å². The molecule has 2 rings (SSSR count). The Hall–Kier alpha value is -1.69. The number of rotatable bonds is 1. The second kappa shape index (κ2) is 3.71. The van der Waals surface area contributed by atoms with Gasteiger partial charge in [-0.15, -0.1) is 0 Å². The molecule has 0 unspecified atom stereocenters. The van der Waals surface area contributed by atoms with E-state index in [0.717, 1.165) is 16.8 Å². The number of hydrogen-bond acceptors (Lipinski definition) is 2. The van der Waals surface area contributed by atoms with E-state index in [1.807, 2.05) is 0 Å². The van der Waals surface area contributed by atoms with Gasteiger partial charge in [-0.3, -0.25) is 0 Å². The Morgan fingerprint density at radius 2 is 1.75 bits per heavy atom. The molecule has 0 aliphatic rings. The Labute approximate surface area is 93.2 Å². The topological polar surface area (TPSA) is 43.8 Å². The maximum atomic E-state index is 12.9. The van der Waals surface area contributed by atoms with Crippen LogP contribution in [0.15, 0.2) is 18.3 Å².